The number of halogens is 6. The Morgan fingerprint density at radius 1 is 1.00 bits per heavy atom. The highest BCUT2D eigenvalue weighted by Crippen LogP contribution is 2.37. The second-order valence-corrected chi connectivity index (χ2v) is 6.26. The zero-order valence-corrected chi connectivity index (χ0v) is 13.8. The van der Waals surface area contributed by atoms with Gasteiger partial charge >= 0.3 is 18.4 Å². The summed E-state index contributed by atoms with van der Waals surface area (Å²) in [6.07, 6.45) is -10.4. The summed E-state index contributed by atoms with van der Waals surface area (Å²) in [4.78, 5) is 24.0. The number of benzene rings is 1. The summed E-state index contributed by atoms with van der Waals surface area (Å²) in [5.74, 6) is -0.926. The van der Waals surface area contributed by atoms with Crippen molar-refractivity contribution < 1.29 is 41.0 Å². The van der Waals surface area contributed by atoms with Crippen LogP contribution in [0.5, 0.6) is 0 Å². The molecule has 0 aromatic heterocycles. The highest BCUT2D eigenvalue weighted by molar-refractivity contribution is 5.91. The fourth-order valence-corrected chi connectivity index (χ4v) is 2.83. The van der Waals surface area contributed by atoms with E-state index < -0.39 is 41.2 Å². The molecule has 1 saturated heterocycles. The Morgan fingerprint density at radius 2 is 1.48 bits per heavy atom. The number of nitrogens with one attached hydrogen (secondary N) is 1. The molecule has 150 valence electrons. The molecule has 1 aromatic carbocycles. The number of hydrogen-bond acceptors (Lipinski definition) is 2. The molecule has 1 aromatic rings. The van der Waals surface area contributed by atoms with Crippen LogP contribution in [0.2, 0.25) is 0 Å². The van der Waals surface area contributed by atoms with Crippen molar-refractivity contribution in [1.82, 2.24) is 4.90 Å². The van der Waals surface area contributed by atoms with Crippen LogP contribution in [0.1, 0.15) is 30.4 Å². The first kappa shape index (κ1) is 20.8. The van der Waals surface area contributed by atoms with Gasteiger partial charge in [-0.1, -0.05) is 0 Å². The van der Waals surface area contributed by atoms with Crippen molar-refractivity contribution in [1.29, 1.82) is 0 Å². The molecule has 1 heterocycles. The maximum atomic E-state index is 12.8. The maximum absolute atomic E-state index is 12.8. The lowest BCUT2D eigenvalue weighted by Gasteiger charge is -2.29. The Bertz CT molecular complexity index is 677. The number of carbonyl (C=O) groups excluding carboxylic acids is 1. The van der Waals surface area contributed by atoms with Gasteiger partial charge in [-0.15, -0.1) is 0 Å². The van der Waals surface area contributed by atoms with Crippen molar-refractivity contribution in [3.63, 3.8) is 0 Å². The van der Waals surface area contributed by atoms with Gasteiger partial charge in [0.15, 0.2) is 0 Å². The first-order chi connectivity index (χ1) is 12.4. The molecule has 0 atom stereocenters. The number of hydrogen-bond donors (Lipinski definition) is 2. The van der Waals surface area contributed by atoms with Crippen LogP contribution < -0.4 is 5.32 Å². The number of carboxylic acid groups (broad SMARTS) is 1. The molecular weight excluding hydrogens is 382 g/mol. The minimum atomic E-state index is -5.00. The van der Waals surface area contributed by atoms with E-state index in [2.05, 4.69) is 5.32 Å². The Balaban J connectivity index is 2.08. The Labute approximate surface area is 149 Å². The number of nitrogens with zero attached hydrogens (tertiary/aromatic N) is 1. The lowest BCUT2D eigenvalue weighted by atomic mass is 9.93. The van der Waals surface area contributed by atoms with E-state index in [9.17, 15) is 35.9 Å². The highest BCUT2D eigenvalue weighted by Gasteiger charge is 2.37. The number of piperidine rings is 1. The van der Waals surface area contributed by atoms with Crippen LogP contribution >= 0.6 is 0 Å². The van der Waals surface area contributed by atoms with Crippen molar-refractivity contribution >= 4 is 17.7 Å². The molecular formula is C16H16F6N2O3. The summed E-state index contributed by atoms with van der Waals surface area (Å²) >= 11 is 0. The van der Waals surface area contributed by atoms with Gasteiger partial charge in [-0.3, -0.25) is 4.79 Å². The van der Waals surface area contributed by atoms with Crippen molar-refractivity contribution in [2.45, 2.75) is 31.6 Å². The molecule has 27 heavy (non-hydrogen) atoms. The number of amides is 2. The second-order valence-electron chi connectivity index (χ2n) is 6.26. The largest absolute Gasteiger partial charge is 0.465 e. The standard InChI is InChI=1S/C16H16F6N2O3/c17-15(18,19)10-6-11(16(20,21)22)8-12(7-10)23-13(25)5-9-1-3-24(4-2-9)14(26)27/h6-9H,1-5H2,(H,23,25)(H,26,27). The molecule has 11 heteroatoms. The monoisotopic (exact) mass is 398 g/mol. The van der Waals surface area contributed by atoms with Gasteiger partial charge in [0.2, 0.25) is 5.91 Å². The van der Waals surface area contributed by atoms with Crippen LogP contribution in [0.4, 0.5) is 36.8 Å². The zero-order valence-electron chi connectivity index (χ0n) is 13.8. The van der Waals surface area contributed by atoms with E-state index in [4.69, 9.17) is 5.11 Å². The minimum Gasteiger partial charge on any atom is -0.465 e. The van der Waals surface area contributed by atoms with Gasteiger partial charge in [0.05, 0.1) is 11.1 Å². The number of rotatable bonds is 3. The molecule has 1 fully saturated rings. The number of alkyl halides is 6. The highest BCUT2D eigenvalue weighted by atomic mass is 19.4. The molecule has 0 radical (unpaired) electrons. The molecule has 0 unspecified atom stereocenters. The number of likely N-dealkylation sites (tertiary alicyclic amines) is 1. The molecule has 5 nitrogen and oxygen atoms in total. The smallest absolute Gasteiger partial charge is 0.416 e. The van der Waals surface area contributed by atoms with Crippen LogP contribution in [0.15, 0.2) is 18.2 Å². The molecule has 2 amide bonds. The SMILES string of the molecule is O=C(CC1CCN(C(=O)O)CC1)Nc1cc(C(F)(F)F)cc(C(F)(F)F)c1. The molecule has 1 aliphatic rings. The van der Waals surface area contributed by atoms with Crippen molar-refractivity contribution in [2.24, 2.45) is 5.92 Å². The van der Waals surface area contributed by atoms with Gasteiger partial charge < -0.3 is 15.3 Å². The number of anilines is 1. The topological polar surface area (TPSA) is 69.6 Å². The van der Waals surface area contributed by atoms with Crippen molar-refractivity contribution in [3.8, 4) is 0 Å². The molecule has 0 bridgehead atoms. The molecule has 1 aliphatic heterocycles. The van der Waals surface area contributed by atoms with E-state index in [1.165, 1.54) is 4.90 Å². The van der Waals surface area contributed by atoms with E-state index in [0.717, 1.165) is 0 Å². The van der Waals surface area contributed by atoms with E-state index in [0.29, 0.717) is 25.0 Å². The first-order valence-corrected chi connectivity index (χ1v) is 7.93. The fraction of sp³-hybridized carbons (Fsp3) is 0.500. The predicted molar refractivity (Wildman–Crippen MR) is 82.0 cm³/mol. The fourth-order valence-electron chi connectivity index (χ4n) is 2.83. The van der Waals surface area contributed by atoms with Gasteiger partial charge in [-0.25, -0.2) is 4.79 Å². The van der Waals surface area contributed by atoms with E-state index in [1.54, 1.807) is 0 Å². The summed E-state index contributed by atoms with van der Waals surface area (Å²) in [5.41, 5.74) is -3.62. The van der Waals surface area contributed by atoms with E-state index >= 15 is 0 Å². The van der Waals surface area contributed by atoms with Crippen molar-refractivity contribution in [2.75, 3.05) is 18.4 Å². The molecule has 0 spiro atoms. The summed E-state index contributed by atoms with van der Waals surface area (Å²) in [6.45, 7) is 0.435. The third-order valence-corrected chi connectivity index (χ3v) is 4.23. The van der Waals surface area contributed by atoms with Crippen LogP contribution in [-0.2, 0) is 17.1 Å². The predicted octanol–water partition coefficient (Wildman–Crippen LogP) is 4.44. The lowest BCUT2D eigenvalue weighted by molar-refractivity contribution is -0.143. The second kappa shape index (κ2) is 7.65. The molecule has 2 rings (SSSR count). The van der Waals surface area contributed by atoms with Crippen LogP contribution in [0.25, 0.3) is 0 Å². The minimum absolute atomic E-state index is 0.0166. The van der Waals surface area contributed by atoms with Gasteiger partial charge in [0.1, 0.15) is 0 Å². The average molecular weight is 398 g/mol. The van der Waals surface area contributed by atoms with Crippen molar-refractivity contribution in [3.05, 3.63) is 29.3 Å². The van der Waals surface area contributed by atoms with Crippen LogP contribution in [0.3, 0.4) is 0 Å². The Kier molecular flexibility index (Phi) is 5.91. The molecule has 0 saturated carbocycles. The maximum Gasteiger partial charge on any atom is 0.416 e. The molecule has 0 aliphatic carbocycles. The Morgan fingerprint density at radius 3 is 1.89 bits per heavy atom. The summed E-state index contributed by atoms with van der Waals surface area (Å²) in [5, 5.41) is 10.9. The first-order valence-electron chi connectivity index (χ1n) is 7.93. The van der Waals surface area contributed by atoms with Crippen LogP contribution in [0, 0.1) is 5.92 Å². The summed E-state index contributed by atoms with van der Waals surface area (Å²) < 4.78 is 76.9. The van der Waals surface area contributed by atoms with Gasteiger partial charge in [-0.05, 0) is 37.0 Å². The average Bonchev–Trinajstić information content (AvgIpc) is 2.53. The summed E-state index contributed by atoms with van der Waals surface area (Å²) in [6, 6.07) is 0.873. The van der Waals surface area contributed by atoms with E-state index in [1.807, 2.05) is 0 Å². The Hall–Kier alpha value is -2.46. The van der Waals surface area contributed by atoms with Gasteiger partial charge in [-0.2, -0.15) is 26.3 Å². The normalized spacial score (nSPS) is 16.3. The number of carbonyl (C=O) groups is 2. The van der Waals surface area contributed by atoms with Crippen LogP contribution in [-0.4, -0.2) is 35.1 Å². The third kappa shape index (κ3) is 5.76. The molecule has 2 N–H and O–H groups in total. The van der Waals surface area contributed by atoms with E-state index in [-0.39, 0.29) is 31.5 Å². The van der Waals surface area contributed by atoms with Gasteiger partial charge in [0.25, 0.3) is 0 Å². The quantitative estimate of drug-likeness (QED) is 0.740. The summed E-state index contributed by atoms with van der Waals surface area (Å²) in [7, 11) is 0. The zero-order chi connectivity index (χ0) is 20.4. The van der Waals surface area contributed by atoms with Gasteiger partial charge in [0, 0.05) is 25.2 Å². The lowest BCUT2D eigenvalue weighted by Crippen LogP contribution is -2.38. The third-order valence-electron chi connectivity index (χ3n) is 4.23.